The van der Waals surface area contributed by atoms with Gasteiger partial charge in [0.05, 0.1) is 11.9 Å². The zero-order valence-electron chi connectivity index (χ0n) is 17.5. The number of para-hydroxylation sites is 1. The molecule has 1 aromatic carbocycles. The van der Waals surface area contributed by atoms with Crippen LogP contribution < -0.4 is 5.32 Å². The van der Waals surface area contributed by atoms with Gasteiger partial charge in [-0.25, -0.2) is 4.68 Å². The van der Waals surface area contributed by atoms with Gasteiger partial charge in [-0.3, -0.25) is 14.4 Å². The fourth-order valence-electron chi connectivity index (χ4n) is 3.89. The Hall–Kier alpha value is -2.97. The van der Waals surface area contributed by atoms with Crippen LogP contribution in [0.5, 0.6) is 0 Å². The SMILES string of the molecule is COCCCNC(=O)c1nn(C)c2c1CN(Cc1cnn(-c3ccccc3)c1)CC2. The van der Waals surface area contributed by atoms with Crippen LogP contribution in [0, 0.1) is 0 Å². The predicted octanol–water partition coefficient (Wildman–Crippen LogP) is 1.93. The minimum absolute atomic E-state index is 0.110. The molecule has 30 heavy (non-hydrogen) atoms. The number of methoxy groups -OCH3 is 1. The zero-order chi connectivity index (χ0) is 20.9. The van der Waals surface area contributed by atoms with Crippen molar-refractivity contribution in [3.05, 3.63) is 65.2 Å². The van der Waals surface area contributed by atoms with Gasteiger partial charge in [-0.15, -0.1) is 0 Å². The van der Waals surface area contributed by atoms with E-state index in [0.29, 0.717) is 25.4 Å². The second-order valence-corrected chi connectivity index (χ2v) is 7.59. The summed E-state index contributed by atoms with van der Waals surface area (Å²) in [5.41, 5.74) is 4.91. The maximum absolute atomic E-state index is 12.7. The highest BCUT2D eigenvalue weighted by Gasteiger charge is 2.27. The molecule has 0 unspecified atom stereocenters. The molecular formula is C22H28N6O2. The Morgan fingerprint density at radius 3 is 2.90 bits per heavy atom. The molecule has 0 fully saturated rings. The van der Waals surface area contributed by atoms with Crippen LogP contribution in [-0.2, 0) is 31.3 Å². The van der Waals surface area contributed by atoms with Gasteiger partial charge in [-0.2, -0.15) is 10.2 Å². The minimum atomic E-state index is -0.110. The first-order valence-corrected chi connectivity index (χ1v) is 10.3. The molecule has 1 amide bonds. The van der Waals surface area contributed by atoms with Crippen molar-refractivity contribution >= 4 is 5.91 Å². The molecule has 0 bridgehead atoms. The molecule has 8 heteroatoms. The van der Waals surface area contributed by atoms with Crippen molar-refractivity contribution < 1.29 is 9.53 Å². The van der Waals surface area contributed by atoms with E-state index in [9.17, 15) is 4.79 Å². The number of fused-ring (bicyclic) bond motifs is 1. The van der Waals surface area contributed by atoms with Gasteiger partial charge in [0.2, 0.25) is 0 Å². The lowest BCUT2D eigenvalue weighted by atomic mass is 10.0. The topological polar surface area (TPSA) is 77.2 Å². The third-order valence-corrected chi connectivity index (χ3v) is 5.41. The van der Waals surface area contributed by atoms with Crippen LogP contribution in [0.2, 0.25) is 0 Å². The first-order chi connectivity index (χ1) is 14.7. The standard InChI is InChI=1S/C22H28N6O2/c1-26-20-9-11-27(14-17-13-24-28(15-17)18-7-4-3-5-8-18)16-19(20)21(25-26)22(29)23-10-6-12-30-2/h3-5,7-8,13,15H,6,9-12,14,16H2,1-2H3,(H,23,29). The number of benzene rings is 1. The fourth-order valence-corrected chi connectivity index (χ4v) is 3.89. The van der Waals surface area contributed by atoms with Gasteiger partial charge in [0.25, 0.3) is 5.91 Å². The Morgan fingerprint density at radius 1 is 1.27 bits per heavy atom. The number of amides is 1. The normalized spacial score (nSPS) is 13.9. The van der Waals surface area contributed by atoms with Crippen molar-refractivity contribution in [2.75, 3.05) is 26.8 Å². The number of rotatable bonds is 8. The second kappa shape index (κ2) is 9.23. The lowest BCUT2D eigenvalue weighted by Gasteiger charge is -2.26. The molecule has 0 saturated heterocycles. The van der Waals surface area contributed by atoms with Crippen molar-refractivity contribution in [2.45, 2.75) is 25.9 Å². The van der Waals surface area contributed by atoms with E-state index >= 15 is 0 Å². The quantitative estimate of drug-likeness (QED) is 0.577. The molecule has 0 radical (unpaired) electrons. The molecule has 8 nitrogen and oxygen atoms in total. The van der Waals surface area contributed by atoms with E-state index in [-0.39, 0.29) is 5.91 Å². The summed E-state index contributed by atoms with van der Waals surface area (Å²) >= 11 is 0. The molecule has 4 rings (SSSR count). The molecule has 0 aliphatic carbocycles. The molecule has 0 saturated carbocycles. The van der Waals surface area contributed by atoms with Crippen LogP contribution in [0.25, 0.3) is 5.69 Å². The summed E-state index contributed by atoms with van der Waals surface area (Å²) in [7, 11) is 3.58. The van der Waals surface area contributed by atoms with Crippen LogP contribution in [0.4, 0.5) is 0 Å². The fraction of sp³-hybridized carbons (Fsp3) is 0.409. The highest BCUT2D eigenvalue weighted by molar-refractivity contribution is 5.94. The Morgan fingerprint density at radius 2 is 2.10 bits per heavy atom. The molecule has 158 valence electrons. The number of nitrogens with zero attached hydrogens (tertiary/aromatic N) is 5. The van der Waals surface area contributed by atoms with Crippen molar-refractivity contribution in [3.8, 4) is 5.69 Å². The lowest BCUT2D eigenvalue weighted by Crippen LogP contribution is -2.32. The van der Waals surface area contributed by atoms with Gasteiger partial charge in [0.15, 0.2) is 5.69 Å². The van der Waals surface area contributed by atoms with E-state index < -0.39 is 0 Å². The zero-order valence-corrected chi connectivity index (χ0v) is 17.5. The van der Waals surface area contributed by atoms with Crippen LogP contribution in [0.1, 0.15) is 33.7 Å². The molecular weight excluding hydrogens is 380 g/mol. The number of nitrogens with one attached hydrogen (secondary N) is 1. The number of hydrogen-bond acceptors (Lipinski definition) is 5. The lowest BCUT2D eigenvalue weighted by molar-refractivity contribution is 0.0940. The first-order valence-electron chi connectivity index (χ1n) is 10.3. The summed E-state index contributed by atoms with van der Waals surface area (Å²) in [6.07, 6.45) is 5.64. The summed E-state index contributed by atoms with van der Waals surface area (Å²) in [5.74, 6) is -0.110. The monoisotopic (exact) mass is 408 g/mol. The van der Waals surface area contributed by atoms with Gasteiger partial charge in [-0.05, 0) is 18.6 Å². The number of carbonyl (C=O) groups is 1. The summed E-state index contributed by atoms with van der Waals surface area (Å²) in [6, 6.07) is 10.1. The number of aryl methyl sites for hydroxylation is 1. The molecule has 3 heterocycles. The number of ether oxygens (including phenoxy) is 1. The Balaban J connectivity index is 1.43. The first kappa shape index (κ1) is 20.3. The summed E-state index contributed by atoms with van der Waals surface area (Å²) < 4.78 is 8.79. The minimum Gasteiger partial charge on any atom is -0.385 e. The van der Waals surface area contributed by atoms with Gasteiger partial charge in [-0.1, -0.05) is 18.2 Å². The Labute approximate surface area is 176 Å². The van der Waals surface area contributed by atoms with Gasteiger partial charge >= 0.3 is 0 Å². The van der Waals surface area contributed by atoms with Crippen LogP contribution in [0.3, 0.4) is 0 Å². The average Bonchev–Trinajstić information content (AvgIpc) is 3.36. The highest BCUT2D eigenvalue weighted by Crippen LogP contribution is 2.23. The van der Waals surface area contributed by atoms with Crippen LogP contribution in [0.15, 0.2) is 42.7 Å². The number of carbonyl (C=O) groups excluding carboxylic acids is 1. The Bertz CT molecular complexity index is 994. The highest BCUT2D eigenvalue weighted by atomic mass is 16.5. The average molecular weight is 409 g/mol. The van der Waals surface area contributed by atoms with Gasteiger partial charge in [0, 0.05) is 76.4 Å². The van der Waals surface area contributed by atoms with E-state index in [1.54, 1.807) is 7.11 Å². The smallest absolute Gasteiger partial charge is 0.272 e. The van der Waals surface area contributed by atoms with Gasteiger partial charge < -0.3 is 10.1 Å². The van der Waals surface area contributed by atoms with E-state index in [4.69, 9.17) is 4.74 Å². The Kier molecular flexibility index (Phi) is 6.25. The van der Waals surface area contributed by atoms with Gasteiger partial charge in [0.1, 0.15) is 0 Å². The van der Waals surface area contributed by atoms with Crippen molar-refractivity contribution in [1.82, 2.24) is 29.8 Å². The molecule has 1 aliphatic heterocycles. The van der Waals surface area contributed by atoms with Crippen molar-refractivity contribution in [3.63, 3.8) is 0 Å². The second-order valence-electron chi connectivity index (χ2n) is 7.59. The summed E-state index contributed by atoms with van der Waals surface area (Å²) in [6.45, 7) is 3.64. The van der Waals surface area contributed by atoms with Crippen LogP contribution >= 0.6 is 0 Å². The third-order valence-electron chi connectivity index (χ3n) is 5.41. The maximum Gasteiger partial charge on any atom is 0.272 e. The van der Waals surface area contributed by atoms with E-state index in [0.717, 1.165) is 48.4 Å². The molecule has 1 N–H and O–H groups in total. The molecule has 0 spiro atoms. The molecule has 0 atom stereocenters. The molecule has 1 aliphatic rings. The number of hydrogen-bond donors (Lipinski definition) is 1. The number of aromatic nitrogens is 4. The maximum atomic E-state index is 12.7. The molecule has 2 aromatic heterocycles. The third kappa shape index (κ3) is 4.44. The molecule has 3 aromatic rings. The summed E-state index contributed by atoms with van der Waals surface area (Å²) in [5, 5.41) is 12.0. The van der Waals surface area contributed by atoms with Crippen molar-refractivity contribution in [1.29, 1.82) is 0 Å². The largest absolute Gasteiger partial charge is 0.385 e. The predicted molar refractivity (Wildman–Crippen MR) is 113 cm³/mol. The summed E-state index contributed by atoms with van der Waals surface area (Å²) in [4.78, 5) is 15.0. The van der Waals surface area contributed by atoms with E-state index in [1.807, 2.05) is 52.9 Å². The van der Waals surface area contributed by atoms with E-state index in [2.05, 4.69) is 26.6 Å². The van der Waals surface area contributed by atoms with E-state index in [1.165, 1.54) is 0 Å². The van der Waals surface area contributed by atoms with Crippen molar-refractivity contribution in [2.24, 2.45) is 7.05 Å². The van der Waals surface area contributed by atoms with Crippen LogP contribution in [-0.4, -0.2) is 57.2 Å².